The standard InChI is InChI=1S/C25H23NO6/c1-3-31-17-12-10-16(11-13-17)23(27)21-22(19-8-4-5-9-20(19)30-2)26(25(29)24(21)28)15-18-7-6-14-32-18/h4-14,22,27H,3,15H2,1-2H3/b23-21-. The van der Waals surface area contributed by atoms with Crippen molar-refractivity contribution in [2.75, 3.05) is 13.7 Å². The SMILES string of the molecule is CCOc1ccc(/C(O)=C2/C(=O)C(=O)N(Cc3ccco3)C2c2ccccc2OC)cc1. The molecular weight excluding hydrogens is 410 g/mol. The summed E-state index contributed by atoms with van der Waals surface area (Å²) in [5.74, 6) is -0.0780. The monoisotopic (exact) mass is 433 g/mol. The zero-order chi connectivity index (χ0) is 22.7. The molecule has 1 amide bonds. The van der Waals surface area contributed by atoms with Gasteiger partial charge < -0.3 is 23.9 Å². The van der Waals surface area contributed by atoms with Gasteiger partial charge in [-0.15, -0.1) is 0 Å². The lowest BCUT2D eigenvalue weighted by Gasteiger charge is -2.25. The predicted molar refractivity (Wildman–Crippen MR) is 117 cm³/mol. The summed E-state index contributed by atoms with van der Waals surface area (Å²) in [6.07, 6.45) is 1.50. The smallest absolute Gasteiger partial charge is 0.296 e. The number of aliphatic hydroxyl groups is 1. The normalized spacial score (nSPS) is 17.6. The van der Waals surface area contributed by atoms with Crippen molar-refractivity contribution in [1.82, 2.24) is 4.90 Å². The van der Waals surface area contributed by atoms with Crippen molar-refractivity contribution in [2.24, 2.45) is 0 Å². The zero-order valence-electron chi connectivity index (χ0n) is 17.8. The first kappa shape index (κ1) is 21.2. The minimum Gasteiger partial charge on any atom is -0.507 e. The molecule has 1 fully saturated rings. The van der Waals surface area contributed by atoms with Crippen LogP contribution >= 0.6 is 0 Å². The number of carbonyl (C=O) groups excluding carboxylic acids is 2. The number of nitrogens with zero attached hydrogens (tertiary/aromatic N) is 1. The molecule has 7 heteroatoms. The molecular formula is C25H23NO6. The van der Waals surface area contributed by atoms with E-state index in [1.165, 1.54) is 18.3 Å². The van der Waals surface area contributed by atoms with Gasteiger partial charge in [0.05, 0.1) is 38.1 Å². The Hall–Kier alpha value is -4.00. The Balaban J connectivity index is 1.85. The van der Waals surface area contributed by atoms with E-state index in [2.05, 4.69) is 0 Å². The van der Waals surface area contributed by atoms with Gasteiger partial charge in [-0.25, -0.2) is 0 Å². The molecule has 3 aromatic rings. The molecule has 4 rings (SSSR count). The molecule has 1 unspecified atom stereocenters. The molecule has 1 atom stereocenters. The highest BCUT2D eigenvalue weighted by Gasteiger charge is 2.47. The van der Waals surface area contributed by atoms with Crippen LogP contribution in [0.4, 0.5) is 0 Å². The average Bonchev–Trinajstić information content (AvgIpc) is 3.42. The molecule has 0 saturated carbocycles. The third kappa shape index (κ3) is 3.85. The molecule has 1 N–H and O–H groups in total. The summed E-state index contributed by atoms with van der Waals surface area (Å²) < 4.78 is 16.3. The van der Waals surface area contributed by atoms with Gasteiger partial charge in [-0.3, -0.25) is 9.59 Å². The number of rotatable bonds is 7. The van der Waals surface area contributed by atoms with Gasteiger partial charge in [0.2, 0.25) is 0 Å². The Morgan fingerprint density at radius 3 is 2.47 bits per heavy atom. The maximum absolute atomic E-state index is 13.1. The van der Waals surface area contributed by atoms with Gasteiger partial charge in [0.25, 0.3) is 11.7 Å². The third-order valence-electron chi connectivity index (χ3n) is 5.32. The largest absolute Gasteiger partial charge is 0.507 e. The van der Waals surface area contributed by atoms with Crippen LogP contribution in [0.15, 0.2) is 76.9 Å². The fourth-order valence-corrected chi connectivity index (χ4v) is 3.86. The number of hydrogen-bond donors (Lipinski definition) is 1. The highest BCUT2D eigenvalue weighted by Crippen LogP contribution is 2.43. The number of aliphatic hydroxyl groups excluding tert-OH is 1. The van der Waals surface area contributed by atoms with E-state index in [1.807, 2.05) is 6.92 Å². The first-order valence-corrected chi connectivity index (χ1v) is 10.2. The average molecular weight is 433 g/mol. The van der Waals surface area contributed by atoms with Crippen LogP contribution in [0.3, 0.4) is 0 Å². The minimum atomic E-state index is -0.845. The van der Waals surface area contributed by atoms with Gasteiger partial charge in [-0.2, -0.15) is 0 Å². The summed E-state index contributed by atoms with van der Waals surface area (Å²) >= 11 is 0. The molecule has 2 aromatic carbocycles. The number of benzene rings is 2. The number of likely N-dealkylation sites (tertiary alicyclic amines) is 1. The van der Waals surface area contributed by atoms with Crippen molar-refractivity contribution >= 4 is 17.4 Å². The number of amides is 1. The van der Waals surface area contributed by atoms with Gasteiger partial charge in [-0.05, 0) is 49.4 Å². The van der Waals surface area contributed by atoms with Crippen LogP contribution in [-0.2, 0) is 16.1 Å². The fourth-order valence-electron chi connectivity index (χ4n) is 3.86. The van der Waals surface area contributed by atoms with E-state index in [0.29, 0.717) is 35.0 Å². The molecule has 1 aliphatic rings. The summed E-state index contributed by atoms with van der Waals surface area (Å²) in [5.41, 5.74) is 0.993. The Morgan fingerprint density at radius 2 is 1.81 bits per heavy atom. The van der Waals surface area contributed by atoms with Crippen LogP contribution in [0, 0.1) is 0 Å². The maximum atomic E-state index is 13.1. The van der Waals surface area contributed by atoms with Crippen LogP contribution in [0.2, 0.25) is 0 Å². The fraction of sp³-hybridized carbons (Fsp3) is 0.200. The van der Waals surface area contributed by atoms with Gasteiger partial charge in [0.1, 0.15) is 23.0 Å². The molecule has 7 nitrogen and oxygen atoms in total. The van der Waals surface area contributed by atoms with E-state index in [1.54, 1.807) is 60.7 Å². The van der Waals surface area contributed by atoms with Crippen LogP contribution in [0.5, 0.6) is 11.5 Å². The lowest BCUT2D eigenvalue weighted by Crippen LogP contribution is -2.29. The minimum absolute atomic E-state index is 0.00443. The molecule has 1 saturated heterocycles. The second-order valence-electron chi connectivity index (χ2n) is 7.21. The molecule has 0 aliphatic carbocycles. The molecule has 164 valence electrons. The summed E-state index contributed by atoms with van der Waals surface area (Å²) in [6.45, 7) is 2.46. The first-order valence-electron chi connectivity index (χ1n) is 10.2. The van der Waals surface area contributed by atoms with Gasteiger partial charge in [0, 0.05) is 11.1 Å². The predicted octanol–water partition coefficient (Wildman–Crippen LogP) is 4.31. The number of ether oxygens (including phenoxy) is 2. The Kier molecular flexibility index (Phi) is 5.98. The van der Waals surface area contributed by atoms with E-state index >= 15 is 0 Å². The first-order chi connectivity index (χ1) is 15.5. The second-order valence-corrected chi connectivity index (χ2v) is 7.21. The lowest BCUT2D eigenvalue weighted by molar-refractivity contribution is -0.140. The van der Waals surface area contributed by atoms with Gasteiger partial charge in [0.15, 0.2) is 0 Å². The number of para-hydroxylation sites is 1. The third-order valence-corrected chi connectivity index (χ3v) is 5.32. The highest BCUT2D eigenvalue weighted by molar-refractivity contribution is 6.46. The number of hydrogen-bond acceptors (Lipinski definition) is 6. The number of ketones is 1. The van der Waals surface area contributed by atoms with Crippen LogP contribution in [-0.4, -0.2) is 35.4 Å². The Labute approximate surface area is 185 Å². The second kappa shape index (κ2) is 9.01. The van der Waals surface area contributed by atoms with Gasteiger partial charge in [-0.1, -0.05) is 18.2 Å². The van der Waals surface area contributed by atoms with Crippen molar-refractivity contribution < 1.29 is 28.6 Å². The van der Waals surface area contributed by atoms with Crippen LogP contribution in [0.1, 0.15) is 29.9 Å². The number of furan rings is 1. The van der Waals surface area contributed by atoms with Crippen molar-refractivity contribution in [1.29, 1.82) is 0 Å². The molecule has 0 spiro atoms. The number of Topliss-reactive ketones (excluding diaryl/α,β-unsaturated/α-hetero) is 1. The van der Waals surface area contributed by atoms with E-state index in [-0.39, 0.29) is 17.9 Å². The van der Waals surface area contributed by atoms with E-state index in [4.69, 9.17) is 13.9 Å². The lowest BCUT2D eigenvalue weighted by atomic mass is 9.94. The molecule has 1 aromatic heterocycles. The van der Waals surface area contributed by atoms with Crippen molar-refractivity contribution in [3.05, 3.63) is 89.4 Å². The van der Waals surface area contributed by atoms with Gasteiger partial charge >= 0.3 is 0 Å². The van der Waals surface area contributed by atoms with E-state index in [9.17, 15) is 14.7 Å². The molecule has 0 bridgehead atoms. The highest BCUT2D eigenvalue weighted by atomic mass is 16.5. The summed E-state index contributed by atoms with van der Waals surface area (Å²) in [4.78, 5) is 27.5. The summed E-state index contributed by atoms with van der Waals surface area (Å²) in [7, 11) is 1.52. The van der Waals surface area contributed by atoms with E-state index < -0.39 is 17.7 Å². The number of carbonyl (C=O) groups is 2. The Morgan fingerprint density at radius 1 is 1.06 bits per heavy atom. The topological polar surface area (TPSA) is 89.2 Å². The van der Waals surface area contributed by atoms with Crippen molar-refractivity contribution in [2.45, 2.75) is 19.5 Å². The van der Waals surface area contributed by atoms with Crippen LogP contribution < -0.4 is 9.47 Å². The van der Waals surface area contributed by atoms with Crippen molar-refractivity contribution in [3.8, 4) is 11.5 Å². The molecule has 0 radical (unpaired) electrons. The number of methoxy groups -OCH3 is 1. The molecule has 2 heterocycles. The molecule has 32 heavy (non-hydrogen) atoms. The summed E-state index contributed by atoms with van der Waals surface area (Å²) in [5, 5.41) is 11.1. The zero-order valence-corrected chi connectivity index (χ0v) is 17.8. The van der Waals surface area contributed by atoms with Crippen LogP contribution in [0.25, 0.3) is 5.76 Å². The summed E-state index contributed by atoms with van der Waals surface area (Å²) in [6, 6.07) is 16.4. The molecule has 1 aliphatic heterocycles. The Bertz CT molecular complexity index is 1150. The quantitative estimate of drug-likeness (QED) is 0.339. The van der Waals surface area contributed by atoms with E-state index in [0.717, 1.165) is 0 Å². The maximum Gasteiger partial charge on any atom is 0.296 e. The van der Waals surface area contributed by atoms with Crippen molar-refractivity contribution in [3.63, 3.8) is 0 Å².